The van der Waals surface area contributed by atoms with E-state index in [2.05, 4.69) is 6.58 Å². The van der Waals surface area contributed by atoms with Crippen LogP contribution in [0.3, 0.4) is 0 Å². The Morgan fingerprint density at radius 2 is 1.74 bits per heavy atom. The zero-order valence-corrected chi connectivity index (χ0v) is 11.8. The van der Waals surface area contributed by atoms with Crippen molar-refractivity contribution in [1.29, 1.82) is 0 Å². The Morgan fingerprint density at radius 1 is 1.21 bits per heavy atom. The Labute approximate surface area is 112 Å². The van der Waals surface area contributed by atoms with Crippen LogP contribution in [0.5, 0.6) is 0 Å². The van der Waals surface area contributed by atoms with Crippen LogP contribution in [-0.2, 0) is 14.8 Å². The smallest absolute Gasteiger partial charge is 0.429 e. The van der Waals surface area contributed by atoms with Gasteiger partial charge in [0.2, 0.25) is 0 Å². The summed E-state index contributed by atoms with van der Waals surface area (Å²) >= 11 is 0. The number of hydrogen-bond acceptors (Lipinski definition) is 4. The van der Waals surface area contributed by atoms with Crippen LogP contribution >= 0.6 is 0 Å². The first-order valence-corrected chi connectivity index (χ1v) is 7.14. The minimum Gasteiger partial charge on any atom is -0.436 e. The summed E-state index contributed by atoms with van der Waals surface area (Å²) in [6, 6.07) is 6.25. The number of amides is 1. The highest BCUT2D eigenvalue weighted by atomic mass is 32.2. The quantitative estimate of drug-likeness (QED) is 0.835. The molecule has 1 aliphatic rings. The first-order valence-electron chi connectivity index (χ1n) is 5.70. The lowest BCUT2D eigenvalue weighted by molar-refractivity contribution is 0.0960. The third-order valence-corrected chi connectivity index (χ3v) is 4.73. The Morgan fingerprint density at radius 3 is 2.16 bits per heavy atom. The van der Waals surface area contributed by atoms with Gasteiger partial charge in [0.05, 0.1) is 10.6 Å². The fourth-order valence-electron chi connectivity index (χ4n) is 1.73. The standard InChI is InChI=1S/C13H15NO4S/c1-9-5-7-11(8-6-9)19(16,17)14-10(2)13(3,4)18-12(14)15/h5-8H,2H2,1,3-4H3. The van der Waals surface area contributed by atoms with E-state index in [0.29, 0.717) is 4.31 Å². The summed E-state index contributed by atoms with van der Waals surface area (Å²) in [6.07, 6.45) is -0.921. The van der Waals surface area contributed by atoms with Gasteiger partial charge in [-0.05, 0) is 32.9 Å². The SMILES string of the molecule is C=C1N(S(=O)(=O)c2ccc(C)cc2)C(=O)OC1(C)C. The van der Waals surface area contributed by atoms with Crippen LogP contribution in [0.15, 0.2) is 41.4 Å². The van der Waals surface area contributed by atoms with E-state index in [4.69, 9.17) is 4.74 Å². The monoisotopic (exact) mass is 281 g/mol. The maximum atomic E-state index is 12.4. The molecule has 5 nitrogen and oxygen atoms in total. The van der Waals surface area contributed by atoms with Gasteiger partial charge < -0.3 is 4.74 Å². The zero-order valence-electron chi connectivity index (χ0n) is 11.0. The summed E-state index contributed by atoms with van der Waals surface area (Å²) < 4.78 is 30.5. The number of nitrogens with zero attached hydrogens (tertiary/aromatic N) is 1. The molecule has 0 aromatic heterocycles. The molecule has 0 spiro atoms. The molecule has 6 heteroatoms. The van der Waals surface area contributed by atoms with E-state index < -0.39 is 21.7 Å². The molecule has 0 bridgehead atoms. The third-order valence-electron chi connectivity index (χ3n) is 3.01. The molecule has 19 heavy (non-hydrogen) atoms. The second kappa shape index (κ2) is 4.09. The first kappa shape index (κ1) is 13.6. The Hall–Kier alpha value is -1.82. The highest BCUT2D eigenvalue weighted by molar-refractivity contribution is 7.89. The van der Waals surface area contributed by atoms with Gasteiger partial charge in [0.15, 0.2) is 0 Å². The van der Waals surface area contributed by atoms with Crippen molar-refractivity contribution in [3.63, 3.8) is 0 Å². The average molecular weight is 281 g/mol. The van der Waals surface area contributed by atoms with Crippen molar-refractivity contribution in [2.24, 2.45) is 0 Å². The fourth-order valence-corrected chi connectivity index (χ4v) is 3.17. The van der Waals surface area contributed by atoms with Crippen molar-refractivity contribution in [2.75, 3.05) is 0 Å². The van der Waals surface area contributed by atoms with Crippen LogP contribution in [0.1, 0.15) is 19.4 Å². The zero-order chi connectivity index (χ0) is 14.4. The molecule has 2 rings (SSSR count). The number of carbonyl (C=O) groups is 1. The van der Waals surface area contributed by atoms with Gasteiger partial charge in [-0.15, -0.1) is 0 Å². The number of ether oxygens (including phenoxy) is 1. The minimum atomic E-state index is -3.97. The van der Waals surface area contributed by atoms with E-state index in [0.717, 1.165) is 5.56 Å². The van der Waals surface area contributed by atoms with Crippen molar-refractivity contribution in [3.05, 3.63) is 42.1 Å². The number of rotatable bonds is 2. The lowest BCUT2D eigenvalue weighted by atomic mass is 10.1. The largest absolute Gasteiger partial charge is 0.436 e. The molecule has 0 aliphatic carbocycles. The summed E-state index contributed by atoms with van der Waals surface area (Å²) in [7, 11) is -3.97. The predicted octanol–water partition coefficient (Wildman–Crippen LogP) is 2.43. The van der Waals surface area contributed by atoms with Gasteiger partial charge in [-0.3, -0.25) is 0 Å². The first-order chi connectivity index (χ1) is 8.66. The average Bonchev–Trinajstić information content (AvgIpc) is 2.48. The van der Waals surface area contributed by atoms with Crippen LogP contribution in [0.2, 0.25) is 0 Å². The molecule has 1 amide bonds. The van der Waals surface area contributed by atoms with Gasteiger partial charge >= 0.3 is 6.09 Å². The van der Waals surface area contributed by atoms with Crippen LogP contribution in [0.25, 0.3) is 0 Å². The molecule has 1 aromatic rings. The van der Waals surface area contributed by atoms with Gasteiger partial charge in [-0.2, -0.15) is 4.31 Å². The molecule has 1 fully saturated rings. The lowest BCUT2D eigenvalue weighted by Crippen LogP contribution is -2.31. The second-order valence-corrected chi connectivity index (χ2v) is 6.69. The number of hydrogen-bond donors (Lipinski definition) is 0. The van der Waals surface area contributed by atoms with Gasteiger partial charge in [0.1, 0.15) is 5.60 Å². The minimum absolute atomic E-state index is 0.0360. The number of benzene rings is 1. The number of aryl methyl sites for hydroxylation is 1. The van der Waals surface area contributed by atoms with Crippen molar-refractivity contribution < 1.29 is 17.9 Å². The van der Waals surface area contributed by atoms with E-state index in [9.17, 15) is 13.2 Å². The molecule has 1 saturated heterocycles. The van der Waals surface area contributed by atoms with Crippen LogP contribution in [0.4, 0.5) is 4.79 Å². The fraction of sp³-hybridized carbons (Fsp3) is 0.308. The van der Waals surface area contributed by atoms with Crippen LogP contribution in [0, 0.1) is 6.92 Å². The summed E-state index contributed by atoms with van der Waals surface area (Å²) in [5.41, 5.74) is 0.0228. The van der Waals surface area contributed by atoms with Crippen molar-refractivity contribution in [1.82, 2.24) is 4.31 Å². The van der Waals surface area contributed by atoms with E-state index in [1.54, 1.807) is 26.0 Å². The van der Waals surface area contributed by atoms with E-state index in [1.807, 2.05) is 6.92 Å². The van der Waals surface area contributed by atoms with Crippen molar-refractivity contribution in [2.45, 2.75) is 31.3 Å². The van der Waals surface area contributed by atoms with Gasteiger partial charge in [0.25, 0.3) is 10.0 Å². The molecule has 0 N–H and O–H groups in total. The molecule has 0 radical (unpaired) electrons. The molecule has 0 unspecified atom stereocenters. The van der Waals surface area contributed by atoms with Gasteiger partial charge in [-0.1, -0.05) is 24.3 Å². The predicted molar refractivity (Wildman–Crippen MR) is 69.9 cm³/mol. The Balaban J connectivity index is 2.49. The van der Waals surface area contributed by atoms with Crippen LogP contribution in [-0.4, -0.2) is 24.4 Å². The van der Waals surface area contributed by atoms with E-state index in [1.165, 1.54) is 12.1 Å². The third kappa shape index (κ3) is 2.12. The van der Waals surface area contributed by atoms with Gasteiger partial charge in [-0.25, -0.2) is 13.2 Å². The summed E-state index contributed by atoms with van der Waals surface area (Å²) in [5, 5.41) is 0. The van der Waals surface area contributed by atoms with Crippen molar-refractivity contribution >= 4 is 16.1 Å². The second-order valence-electron chi connectivity index (χ2n) is 4.91. The molecule has 1 aromatic carbocycles. The highest BCUT2D eigenvalue weighted by Gasteiger charge is 2.48. The molecule has 0 saturated carbocycles. The number of cyclic esters (lactones) is 1. The highest BCUT2D eigenvalue weighted by Crippen LogP contribution is 2.35. The summed E-state index contributed by atoms with van der Waals surface area (Å²) in [4.78, 5) is 11.8. The summed E-state index contributed by atoms with van der Waals surface area (Å²) in [5.74, 6) is 0. The summed E-state index contributed by atoms with van der Waals surface area (Å²) in [6.45, 7) is 8.69. The Bertz CT molecular complexity index is 644. The van der Waals surface area contributed by atoms with E-state index in [-0.39, 0.29) is 10.6 Å². The lowest BCUT2D eigenvalue weighted by Gasteiger charge is -2.19. The molecule has 0 atom stereocenters. The normalized spacial score (nSPS) is 18.6. The molecular weight excluding hydrogens is 266 g/mol. The Kier molecular flexibility index (Phi) is 2.93. The number of sulfonamides is 1. The van der Waals surface area contributed by atoms with Crippen molar-refractivity contribution in [3.8, 4) is 0 Å². The molecule has 1 aliphatic heterocycles. The molecule has 1 heterocycles. The maximum Gasteiger partial charge on any atom is 0.429 e. The number of carbonyl (C=O) groups excluding carboxylic acids is 1. The van der Waals surface area contributed by atoms with Crippen LogP contribution < -0.4 is 0 Å². The topological polar surface area (TPSA) is 63.7 Å². The molecular formula is C13H15NO4S. The van der Waals surface area contributed by atoms with E-state index >= 15 is 0 Å². The van der Waals surface area contributed by atoms with Gasteiger partial charge in [0, 0.05) is 0 Å². The maximum absolute atomic E-state index is 12.4. The molecule has 102 valence electrons.